The highest BCUT2D eigenvalue weighted by atomic mass is 35.5. The van der Waals surface area contributed by atoms with Gasteiger partial charge in [-0.25, -0.2) is 4.99 Å². The zero-order valence-electron chi connectivity index (χ0n) is 14.7. The molecule has 3 aromatic rings. The van der Waals surface area contributed by atoms with Crippen LogP contribution >= 0.6 is 46.9 Å². The van der Waals surface area contributed by atoms with Crippen LogP contribution in [0.3, 0.4) is 0 Å². The number of anilines is 1. The van der Waals surface area contributed by atoms with Crippen LogP contribution in [0.2, 0.25) is 10.0 Å². The van der Waals surface area contributed by atoms with Crippen molar-refractivity contribution in [2.45, 2.75) is 13.3 Å². The van der Waals surface area contributed by atoms with Crippen molar-refractivity contribution < 1.29 is 4.79 Å². The molecule has 4 nitrogen and oxygen atoms in total. The molecule has 1 aromatic heterocycles. The predicted octanol–water partition coefficient (Wildman–Crippen LogP) is 5.54. The summed E-state index contributed by atoms with van der Waals surface area (Å²) in [6.45, 7) is 1.92. The van der Waals surface area contributed by atoms with Gasteiger partial charge in [0.2, 0.25) is 5.91 Å². The van der Waals surface area contributed by atoms with Gasteiger partial charge in [0.25, 0.3) is 0 Å². The number of benzene rings is 2. The van der Waals surface area contributed by atoms with Crippen LogP contribution in [0.4, 0.5) is 11.4 Å². The van der Waals surface area contributed by atoms with E-state index in [1.807, 2.05) is 48.2 Å². The highest BCUT2D eigenvalue weighted by Gasteiger charge is 2.09. The first-order chi connectivity index (χ1) is 12.4. The predicted molar refractivity (Wildman–Crippen MR) is 116 cm³/mol. The molecule has 8 heteroatoms. The van der Waals surface area contributed by atoms with Crippen LogP contribution in [-0.4, -0.2) is 10.5 Å². The summed E-state index contributed by atoms with van der Waals surface area (Å²) in [7, 11) is 1.90. The maximum atomic E-state index is 12.3. The number of aryl methyl sites for hydroxylation is 1. The van der Waals surface area contributed by atoms with Crippen molar-refractivity contribution in [1.82, 2.24) is 4.57 Å². The zero-order valence-corrected chi connectivity index (χ0v) is 17.8. The van der Waals surface area contributed by atoms with E-state index in [2.05, 4.69) is 10.3 Å². The first-order valence-corrected chi connectivity index (χ1v) is 9.55. The minimum Gasteiger partial charge on any atom is -0.326 e. The monoisotopic (exact) mass is 441 g/mol. The Morgan fingerprint density at radius 1 is 1.19 bits per heavy atom. The van der Waals surface area contributed by atoms with Crippen molar-refractivity contribution in [3.63, 3.8) is 0 Å². The number of rotatable bonds is 4. The molecule has 0 radical (unpaired) electrons. The van der Waals surface area contributed by atoms with Gasteiger partial charge in [-0.05, 0) is 48.9 Å². The van der Waals surface area contributed by atoms with Crippen molar-refractivity contribution in [1.29, 1.82) is 0 Å². The fraction of sp³-hybridized carbons (Fsp3) is 0.158. The van der Waals surface area contributed by atoms with E-state index < -0.39 is 0 Å². The Balaban J connectivity index is 0.00000261. The van der Waals surface area contributed by atoms with E-state index in [-0.39, 0.29) is 24.7 Å². The molecule has 0 saturated heterocycles. The van der Waals surface area contributed by atoms with Crippen LogP contribution < -0.4 is 10.1 Å². The Morgan fingerprint density at radius 2 is 1.89 bits per heavy atom. The Hall–Kier alpha value is -1.79. The van der Waals surface area contributed by atoms with Gasteiger partial charge in [-0.1, -0.05) is 29.3 Å². The van der Waals surface area contributed by atoms with Gasteiger partial charge in [0.15, 0.2) is 4.80 Å². The number of amides is 1. The summed E-state index contributed by atoms with van der Waals surface area (Å²) in [6, 6.07) is 12.8. The van der Waals surface area contributed by atoms with Gasteiger partial charge in [-0.3, -0.25) is 4.79 Å². The van der Waals surface area contributed by atoms with Crippen LogP contribution in [0.1, 0.15) is 11.3 Å². The second-order valence-corrected chi connectivity index (χ2v) is 7.53. The average molecular weight is 443 g/mol. The maximum Gasteiger partial charge on any atom is 0.230 e. The molecule has 27 heavy (non-hydrogen) atoms. The van der Waals surface area contributed by atoms with Gasteiger partial charge in [0.05, 0.1) is 12.1 Å². The zero-order chi connectivity index (χ0) is 18.7. The standard InChI is InChI=1S/C19H17Cl2N3OS.ClH/c1-12-3-6-15(9-17(12)21)22-18(25)10-16-11-26-19(24(16)2)23-14-7-4-13(20)5-8-14;/h3-9,11H,10H2,1-2H3,(H,22,25);1H/b23-19+;. The maximum absolute atomic E-state index is 12.3. The lowest BCUT2D eigenvalue weighted by Crippen LogP contribution is -2.19. The van der Waals surface area contributed by atoms with Gasteiger partial charge >= 0.3 is 0 Å². The number of nitrogens with one attached hydrogen (secondary N) is 1. The molecule has 0 bridgehead atoms. The Bertz CT molecular complexity index is 1010. The van der Waals surface area contributed by atoms with E-state index >= 15 is 0 Å². The van der Waals surface area contributed by atoms with Crippen molar-refractivity contribution >= 4 is 64.2 Å². The van der Waals surface area contributed by atoms with E-state index in [4.69, 9.17) is 23.2 Å². The number of carbonyl (C=O) groups excluding carboxylic acids is 1. The van der Waals surface area contributed by atoms with Crippen LogP contribution in [0.15, 0.2) is 52.8 Å². The summed E-state index contributed by atoms with van der Waals surface area (Å²) in [5, 5.41) is 6.12. The van der Waals surface area contributed by atoms with Crippen LogP contribution in [0.25, 0.3) is 0 Å². The molecule has 1 amide bonds. The second-order valence-electron chi connectivity index (χ2n) is 5.85. The minimum absolute atomic E-state index is 0. The molecule has 0 aliphatic rings. The van der Waals surface area contributed by atoms with E-state index in [0.29, 0.717) is 15.7 Å². The molecule has 2 aromatic carbocycles. The molecular weight excluding hydrogens is 425 g/mol. The molecule has 0 unspecified atom stereocenters. The number of aromatic nitrogens is 1. The summed E-state index contributed by atoms with van der Waals surface area (Å²) in [5.74, 6) is -0.101. The van der Waals surface area contributed by atoms with E-state index in [0.717, 1.165) is 21.7 Å². The lowest BCUT2D eigenvalue weighted by Gasteiger charge is -2.07. The molecule has 3 rings (SSSR count). The fourth-order valence-corrected chi connectivity index (χ4v) is 3.55. The molecule has 0 saturated carbocycles. The normalized spacial score (nSPS) is 11.2. The van der Waals surface area contributed by atoms with Crippen LogP contribution in [-0.2, 0) is 18.3 Å². The summed E-state index contributed by atoms with van der Waals surface area (Å²) < 4.78 is 1.92. The third-order valence-electron chi connectivity index (χ3n) is 3.87. The summed E-state index contributed by atoms with van der Waals surface area (Å²) in [6.07, 6.45) is 0.259. The van der Waals surface area contributed by atoms with Crippen molar-refractivity contribution in [3.8, 4) is 0 Å². The smallest absolute Gasteiger partial charge is 0.230 e. The van der Waals surface area contributed by atoms with Gasteiger partial charge in [-0.2, -0.15) is 0 Å². The Kier molecular flexibility index (Phi) is 7.50. The van der Waals surface area contributed by atoms with E-state index in [1.165, 1.54) is 11.3 Å². The average Bonchev–Trinajstić information content (AvgIpc) is 2.93. The lowest BCUT2D eigenvalue weighted by atomic mass is 10.2. The summed E-state index contributed by atoms with van der Waals surface area (Å²) in [5.41, 5.74) is 3.37. The third kappa shape index (κ3) is 5.59. The molecule has 0 fully saturated rings. The highest BCUT2D eigenvalue weighted by molar-refractivity contribution is 7.07. The molecule has 142 valence electrons. The van der Waals surface area contributed by atoms with Crippen molar-refractivity contribution in [2.24, 2.45) is 12.0 Å². The topological polar surface area (TPSA) is 46.4 Å². The molecule has 0 aliphatic carbocycles. The first-order valence-electron chi connectivity index (χ1n) is 7.92. The van der Waals surface area contributed by atoms with Gasteiger partial charge in [0.1, 0.15) is 0 Å². The fourth-order valence-electron chi connectivity index (χ4n) is 2.33. The Labute approximate surface area is 177 Å². The molecule has 0 spiro atoms. The van der Waals surface area contributed by atoms with Gasteiger partial charge in [0, 0.05) is 33.9 Å². The number of nitrogens with zero attached hydrogens (tertiary/aromatic N) is 2. The molecule has 0 aliphatic heterocycles. The van der Waals surface area contributed by atoms with Crippen LogP contribution in [0.5, 0.6) is 0 Å². The second kappa shape index (κ2) is 9.42. The van der Waals surface area contributed by atoms with Crippen molar-refractivity contribution in [3.05, 3.63) is 73.9 Å². The summed E-state index contributed by atoms with van der Waals surface area (Å²) in [4.78, 5) is 17.7. The molecule has 1 N–H and O–H groups in total. The number of hydrogen-bond acceptors (Lipinski definition) is 3. The Morgan fingerprint density at radius 3 is 2.56 bits per heavy atom. The number of hydrogen-bond donors (Lipinski definition) is 1. The lowest BCUT2D eigenvalue weighted by molar-refractivity contribution is -0.115. The quantitative estimate of drug-likeness (QED) is 0.567. The first kappa shape index (κ1) is 21.5. The summed E-state index contributed by atoms with van der Waals surface area (Å²) >= 11 is 13.5. The molecule has 1 heterocycles. The highest BCUT2D eigenvalue weighted by Crippen LogP contribution is 2.20. The SMILES string of the molecule is Cc1ccc(NC(=O)Cc2cs/c(=N/c3ccc(Cl)cc3)n2C)cc1Cl.Cl. The largest absolute Gasteiger partial charge is 0.326 e. The third-order valence-corrected chi connectivity index (χ3v) is 5.49. The van der Waals surface area contributed by atoms with E-state index in [1.54, 1.807) is 18.2 Å². The van der Waals surface area contributed by atoms with Crippen LogP contribution in [0, 0.1) is 6.92 Å². The van der Waals surface area contributed by atoms with Crippen molar-refractivity contribution in [2.75, 3.05) is 5.32 Å². The number of carbonyl (C=O) groups is 1. The van der Waals surface area contributed by atoms with Gasteiger partial charge in [-0.15, -0.1) is 23.7 Å². The number of halogens is 3. The molecule has 0 atom stereocenters. The molecular formula is C19H18Cl3N3OS. The van der Waals surface area contributed by atoms with Gasteiger partial charge < -0.3 is 9.88 Å². The minimum atomic E-state index is -0.101. The van der Waals surface area contributed by atoms with E-state index in [9.17, 15) is 4.79 Å². The number of thiazole rings is 1.